The standard InChI is InChI=1S/C27H29N3O4S/c1-34-23-16-18-24(19-17-23)35(32,33)30(20-21-10-4-2-5-11-21)26-15-9-8-14-25(26)27(31)29-28-22-12-6-3-7-13-22/h2,4-5,8-11,14-19H,3,6-7,12-13,20H2,1H3,(H,29,31). The van der Waals surface area contributed by atoms with Crippen LogP contribution in [0.3, 0.4) is 0 Å². The fraction of sp³-hybridized carbons (Fsp3) is 0.259. The molecule has 1 N–H and O–H groups in total. The van der Waals surface area contributed by atoms with Gasteiger partial charge < -0.3 is 4.74 Å². The molecule has 0 saturated heterocycles. The molecular weight excluding hydrogens is 462 g/mol. The molecule has 0 bridgehead atoms. The number of ether oxygens (including phenoxy) is 1. The topological polar surface area (TPSA) is 88.1 Å². The Kier molecular flexibility index (Phi) is 7.82. The minimum Gasteiger partial charge on any atom is -0.497 e. The first-order chi connectivity index (χ1) is 17.0. The van der Waals surface area contributed by atoms with Crippen LogP contribution in [0.5, 0.6) is 5.75 Å². The van der Waals surface area contributed by atoms with Gasteiger partial charge in [0, 0.05) is 5.71 Å². The predicted molar refractivity (Wildman–Crippen MR) is 137 cm³/mol. The molecule has 0 heterocycles. The van der Waals surface area contributed by atoms with Crippen LogP contribution >= 0.6 is 0 Å². The van der Waals surface area contributed by atoms with Gasteiger partial charge in [0.15, 0.2) is 0 Å². The highest BCUT2D eigenvalue weighted by molar-refractivity contribution is 7.92. The van der Waals surface area contributed by atoms with E-state index in [9.17, 15) is 13.2 Å². The molecule has 7 nitrogen and oxygen atoms in total. The van der Waals surface area contributed by atoms with Gasteiger partial charge >= 0.3 is 0 Å². The lowest BCUT2D eigenvalue weighted by Gasteiger charge is -2.26. The number of anilines is 1. The lowest BCUT2D eigenvalue weighted by Crippen LogP contribution is -2.33. The SMILES string of the molecule is COc1ccc(S(=O)(=O)N(Cc2ccccc2)c2ccccc2C(=O)NN=C2CCCCC2)cc1. The first kappa shape index (κ1) is 24.5. The maximum Gasteiger partial charge on any atom is 0.273 e. The normalized spacial score (nSPS) is 13.7. The van der Waals surface area contributed by atoms with Crippen molar-refractivity contribution in [1.29, 1.82) is 0 Å². The van der Waals surface area contributed by atoms with Crippen LogP contribution in [-0.4, -0.2) is 27.1 Å². The molecule has 0 spiro atoms. The van der Waals surface area contributed by atoms with Crippen LogP contribution in [0.4, 0.5) is 5.69 Å². The number of nitrogens with one attached hydrogen (secondary N) is 1. The molecule has 1 amide bonds. The maximum absolute atomic E-state index is 13.8. The van der Waals surface area contributed by atoms with Crippen LogP contribution in [0.15, 0.2) is 88.9 Å². The first-order valence-electron chi connectivity index (χ1n) is 11.6. The van der Waals surface area contributed by atoms with Crippen molar-refractivity contribution in [1.82, 2.24) is 5.43 Å². The summed E-state index contributed by atoms with van der Waals surface area (Å²) in [4.78, 5) is 13.3. The van der Waals surface area contributed by atoms with Crippen LogP contribution in [0.1, 0.15) is 48.0 Å². The molecule has 8 heteroatoms. The van der Waals surface area contributed by atoms with Gasteiger partial charge in [-0.25, -0.2) is 13.8 Å². The molecule has 0 aromatic heterocycles. The smallest absolute Gasteiger partial charge is 0.273 e. The number of hydrazone groups is 1. The molecule has 1 aliphatic rings. The Morgan fingerprint density at radius 1 is 0.914 bits per heavy atom. The summed E-state index contributed by atoms with van der Waals surface area (Å²) in [6.07, 6.45) is 5.04. The van der Waals surface area contributed by atoms with Crippen LogP contribution < -0.4 is 14.5 Å². The molecule has 3 aromatic carbocycles. The molecule has 3 aromatic rings. The number of carbonyl (C=O) groups is 1. The number of carbonyl (C=O) groups excluding carboxylic acids is 1. The number of hydrogen-bond donors (Lipinski definition) is 1. The number of methoxy groups -OCH3 is 1. The van der Waals surface area contributed by atoms with Crippen LogP contribution in [-0.2, 0) is 16.6 Å². The summed E-state index contributed by atoms with van der Waals surface area (Å²) in [5, 5.41) is 4.32. The van der Waals surface area contributed by atoms with Crippen molar-refractivity contribution in [3.8, 4) is 5.75 Å². The molecule has 1 saturated carbocycles. The van der Waals surface area contributed by atoms with Gasteiger partial charge in [-0.3, -0.25) is 9.10 Å². The molecule has 0 aliphatic heterocycles. The lowest BCUT2D eigenvalue weighted by atomic mass is 9.99. The Bertz CT molecular complexity index is 1280. The van der Waals surface area contributed by atoms with Crippen molar-refractivity contribution in [3.63, 3.8) is 0 Å². The van der Waals surface area contributed by atoms with E-state index in [1.54, 1.807) is 36.4 Å². The molecule has 0 radical (unpaired) electrons. The Balaban J connectivity index is 1.72. The van der Waals surface area contributed by atoms with Crippen molar-refractivity contribution < 1.29 is 17.9 Å². The van der Waals surface area contributed by atoms with Gasteiger partial charge in [-0.2, -0.15) is 5.10 Å². The Morgan fingerprint density at radius 3 is 2.26 bits per heavy atom. The third-order valence-electron chi connectivity index (χ3n) is 5.98. The van der Waals surface area contributed by atoms with E-state index < -0.39 is 15.9 Å². The molecule has 0 unspecified atom stereocenters. The first-order valence-corrected chi connectivity index (χ1v) is 13.1. The summed E-state index contributed by atoms with van der Waals surface area (Å²) >= 11 is 0. The second-order valence-electron chi connectivity index (χ2n) is 8.37. The highest BCUT2D eigenvalue weighted by Crippen LogP contribution is 2.30. The van der Waals surface area contributed by atoms with Gasteiger partial charge in [0.05, 0.1) is 29.8 Å². The van der Waals surface area contributed by atoms with Crippen molar-refractivity contribution in [2.75, 3.05) is 11.4 Å². The third-order valence-corrected chi connectivity index (χ3v) is 7.75. The fourth-order valence-electron chi connectivity index (χ4n) is 4.07. The monoisotopic (exact) mass is 491 g/mol. The second kappa shape index (κ2) is 11.2. The molecule has 35 heavy (non-hydrogen) atoms. The largest absolute Gasteiger partial charge is 0.497 e. The van der Waals surface area contributed by atoms with E-state index in [2.05, 4.69) is 10.5 Å². The van der Waals surface area contributed by atoms with Crippen LogP contribution in [0, 0.1) is 0 Å². The van der Waals surface area contributed by atoms with E-state index >= 15 is 0 Å². The third kappa shape index (κ3) is 5.89. The Hall–Kier alpha value is -3.65. The average molecular weight is 492 g/mol. The molecule has 1 fully saturated rings. The lowest BCUT2D eigenvalue weighted by molar-refractivity contribution is 0.0955. The molecule has 0 atom stereocenters. The predicted octanol–water partition coefficient (Wildman–Crippen LogP) is 5.14. The summed E-state index contributed by atoms with van der Waals surface area (Å²) in [5.41, 5.74) is 4.93. The Labute approximate surface area is 206 Å². The van der Waals surface area contributed by atoms with Crippen molar-refractivity contribution >= 4 is 27.3 Å². The fourth-order valence-corrected chi connectivity index (χ4v) is 5.54. The van der Waals surface area contributed by atoms with E-state index in [0.717, 1.165) is 37.0 Å². The number of benzene rings is 3. The van der Waals surface area contributed by atoms with Crippen molar-refractivity contribution in [2.45, 2.75) is 43.5 Å². The number of nitrogens with zero attached hydrogens (tertiary/aromatic N) is 2. The number of amides is 1. The van der Waals surface area contributed by atoms with Crippen LogP contribution in [0.2, 0.25) is 0 Å². The minimum absolute atomic E-state index is 0.0635. The van der Waals surface area contributed by atoms with Gasteiger partial charge in [-0.05, 0) is 67.6 Å². The summed E-state index contributed by atoms with van der Waals surface area (Å²) in [6.45, 7) is 0.0635. The van der Waals surface area contributed by atoms with Gasteiger partial charge in [0.25, 0.3) is 15.9 Å². The van der Waals surface area contributed by atoms with Crippen molar-refractivity contribution in [2.24, 2.45) is 5.10 Å². The van der Waals surface area contributed by atoms with E-state index in [4.69, 9.17) is 4.74 Å². The van der Waals surface area contributed by atoms with Gasteiger partial charge in [0.1, 0.15) is 5.75 Å². The van der Waals surface area contributed by atoms with Crippen molar-refractivity contribution in [3.05, 3.63) is 90.0 Å². The highest BCUT2D eigenvalue weighted by Gasteiger charge is 2.28. The van der Waals surface area contributed by atoms with Gasteiger partial charge in [-0.1, -0.05) is 48.9 Å². The zero-order valence-corrected chi connectivity index (χ0v) is 20.5. The second-order valence-corrected chi connectivity index (χ2v) is 10.2. The number of para-hydroxylation sites is 1. The quantitative estimate of drug-likeness (QED) is 0.442. The maximum atomic E-state index is 13.8. The molecule has 4 rings (SSSR count). The average Bonchev–Trinajstić information content (AvgIpc) is 2.91. The zero-order chi connectivity index (χ0) is 24.7. The molecule has 182 valence electrons. The zero-order valence-electron chi connectivity index (χ0n) is 19.7. The van der Waals surface area contributed by atoms with E-state index in [-0.39, 0.29) is 22.7 Å². The van der Waals surface area contributed by atoms with E-state index in [1.165, 1.54) is 30.0 Å². The molecular formula is C27H29N3O4S. The van der Waals surface area contributed by atoms with E-state index in [1.807, 2.05) is 30.3 Å². The summed E-state index contributed by atoms with van der Waals surface area (Å²) < 4.78 is 34.1. The van der Waals surface area contributed by atoms with E-state index in [0.29, 0.717) is 5.75 Å². The van der Waals surface area contributed by atoms with Gasteiger partial charge in [-0.15, -0.1) is 0 Å². The number of sulfonamides is 1. The number of hydrogen-bond acceptors (Lipinski definition) is 5. The molecule has 1 aliphatic carbocycles. The van der Waals surface area contributed by atoms with Crippen LogP contribution in [0.25, 0.3) is 0 Å². The highest BCUT2D eigenvalue weighted by atomic mass is 32.2. The summed E-state index contributed by atoms with van der Waals surface area (Å²) in [7, 11) is -2.48. The summed E-state index contributed by atoms with van der Waals surface area (Å²) in [6, 6.07) is 22.2. The minimum atomic E-state index is -4.01. The Morgan fingerprint density at radius 2 is 1.57 bits per heavy atom. The number of rotatable bonds is 8. The summed E-state index contributed by atoms with van der Waals surface area (Å²) in [5.74, 6) is 0.113. The van der Waals surface area contributed by atoms with Gasteiger partial charge in [0.2, 0.25) is 0 Å².